The van der Waals surface area contributed by atoms with E-state index < -0.39 is 10.0 Å². The number of amides is 2. The molecule has 3 atom stereocenters. The zero-order valence-corrected chi connectivity index (χ0v) is 14.4. The summed E-state index contributed by atoms with van der Waals surface area (Å²) < 4.78 is 30.5. The van der Waals surface area contributed by atoms with Gasteiger partial charge in [0.05, 0.1) is 18.5 Å². The number of carbonyl (C=O) groups excluding carboxylic acids is 1. The maximum Gasteiger partial charge on any atom is 0.317 e. The Kier molecular flexibility index (Phi) is 5.68. The van der Waals surface area contributed by atoms with Crippen LogP contribution in [0.15, 0.2) is 0 Å². The molecule has 0 unspecified atom stereocenters. The largest absolute Gasteiger partial charge is 0.372 e. The van der Waals surface area contributed by atoms with Crippen LogP contribution in [-0.2, 0) is 14.8 Å². The van der Waals surface area contributed by atoms with Crippen LogP contribution in [0.3, 0.4) is 0 Å². The predicted molar refractivity (Wildman–Crippen MR) is 84.2 cm³/mol. The molecule has 8 heteroatoms. The lowest BCUT2D eigenvalue weighted by atomic mass is 10.1. The summed E-state index contributed by atoms with van der Waals surface area (Å²) in [5, 5.41) is 2.98. The zero-order chi connectivity index (χ0) is 16.3. The monoisotopic (exact) mass is 333 g/mol. The Morgan fingerprint density at radius 2 is 2.05 bits per heavy atom. The number of urea groups is 1. The molecule has 0 saturated carbocycles. The zero-order valence-electron chi connectivity index (χ0n) is 13.6. The molecule has 2 fully saturated rings. The lowest BCUT2D eigenvalue weighted by Gasteiger charge is -2.38. The smallest absolute Gasteiger partial charge is 0.317 e. The second-order valence-corrected chi connectivity index (χ2v) is 8.27. The minimum atomic E-state index is -3.19. The summed E-state index contributed by atoms with van der Waals surface area (Å²) in [7, 11) is -3.19. The van der Waals surface area contributed by atoms with Crippen LogP contribution in [0.1, 0.15) is 33.1 Å². The SMILES string of the molecule is CC[C@@H]1CN(C(=O)N[C@@H]2CCCN(S(C)(=O)=O)C2)C[C@@H](C)O1. The fourth-order valence-electron chi connectivity index (χ4n) is 3.06. The molecular weight excluding hydrogens is 306 g/mol. The van der Waals surface area contributed by atoms with Crippen LogP contribution >= 0.6 is 0 Å². The molecule has 2 rings (SSSR count). The molecule has 0 aromatic heterocycles. The van der Waals surface area contributed by atoms with E-state index in [1.807, 2.05) is 13.8 Å². The number of hydrogen-bond donors (Lipinski definition) is 1. The molecule has 2 aliphatic heterocycles. The minimum Gasteiger partial charge on any atom is -0.372 e. The van der Waals surface area contributed by atoms with Gasteiger partial charge in [-0.2, -0.15) is 0 Å². The first-order valence-corrected chi connectivity index (χ1v) is 9.80. The van der Waals surface area contributed by atoms with Crippen molar-refractivity contribution in [2.45, 2.75) is 51.4 Å². The van der Waals surface area contributed by atoms with Gasteiger partial charge in [0.2, 0.25) is 10.0 Å². The summed E-state index contributed by atoms with van der Waals surface area (Å²) in [6.45, 7) is 6.08. The van der Waals surface area contributed by atoms with E-state index in [4.69, 9.17) is 4.74 Å². The molecular formula is C14H27N3O4S. The minimum absolute atomic E-state index is 0.0309. The molecule has 2 amide bonds. The van der Waals surface area contributed by atoms with Gasteiger partial charge in [0.25, 0.3) is 0 Å². The molecule has 0 spiro atoms. The standard InChI is InChI=1S/C14H27N3O4S/c1-4-13-10-16(8-11(2)21-13)14(18)15-12-6-5-7-17(9-12)22(3,19)20/h11-13H,4-10H2,1-3H3,(H,15,18)/t11-,12-,13-/m1/s1. The molecule has 7 nitrogen and oxygen atoms in total. The van der Waals surface area contributed by atoms with E-state index in [0.717, 1.165) is 19.3 Å². The van der Waals surface area contributed by atoms with Gasteiger partial charge in [-0.3, -0.25) is 0 Å². The van der Waals surface area contributed by atoms with Crippen LogP contribution in [0.4, 0.5) is 4.79 Å². The second kappa shape index (κ2) is 7.14. The second-order valence-electron chi connectivity index (χ2n) is 6.29. The Hall–Kier alpha value is -0.860. The Morgan fingerprint density at radius 1 is 1.32 bits per heavy atom. The Labute approximate surface area is 133 Å². The first kappa shape index (κ1) is 17.5. The molecule has 0 aromatic carbocycles. The molecule has 2 aliphatic rings. The lowest BCUT2D eigenvalue weighted by Crippen LogP contribution is -2.56. The highest BCUT2D eigenvalue weighted by molar-refractivity contribution is 7.88. The third-order valence-electron chi connectivity index (χ3n) is 4.25. The predicted octanol–water partition coefficient (Wildman–Crippen LogP) is 0.619. The van der Waals surface area contributed by atoms with Crippen LogP contribution < -0.4 is 5.32 Å². The highest BCUT2D eigenvalue weighted by Crippen LogP contribution is 2.16. The lowest BCUT2D eigenvalue weighted by molar-refractivity contribution is -0.0649. The van der Waals surface area contributed by atoms with Crippen molar-refractivity contribution in [2.75, 3.05) is 32.4 Å². The fraction of sp³-hybridized carbons (Fsp3) is 0.929. The van der Waals surface area contributed by atoms with Crippen molar-refractivity contribution >= 4 is 16.1 Å². The van der Waals surface area contributed by atoms with E-state index in [2.05, 4.69) is 5.32 Å². The fourth-order valence-corrected chi connectivity index (χ4v) is 3.98. The van der Waals surface area contributed by atoms with Crippen molar-refractivity contribution < 1.29 is 17.9 Å². The number of carbonyl (C=O) groups is 1. The summed E-state index contributed by atoms with van der Waals surface area (Å²) in [4.78, 5) is 14.2. The van der Waals surface area contributed by atoms with Crippen LogP contribution in [0, 0.1) is 0 Å². The highest BCUT2D eigenvalue weighted by atomic mass is 32.2. The molecule has 128 valence electrons. The average Bonchev–Trinajstić information content (AvgIpc) is 2.46. The van der Waals surface area contributed by atoms with Crippen LogP contribution in [-0.4, -0.2) is 74.3 Å². The third-order valence-corrected chi connectivity index (χ3v) is 5.52. The molecule has 0 aromatic rings. The molecule has 0 radical (unpaired) electrons. The Bertz CT molecular complexity index is 496. The number of rotatable bonds is 3. The summed E-state index contributed by atoms with van der Waals surface area (Å²) in [5.41, 5.74) is 0. The molecule has 22 heavy (non-hydrogen) atoms. The number of piperidine rings is 1. The molecule has 0 bridgehead atoms. The van der Waals surface area contributed by atoms with E-state index in [9.17, 15) is 13.2 Å². The first-order chi connectivity index (χ1) is 10.3. The van der Waals surface area contributed by atoms with E-state index in [1.54, 1.807) is 4.90 Å². The van der Waals surface area contributed by atoms with Gasteiger partial charge in [0, 0.05) is 32.2 Å². The topological polar surface area (TPSA) is 79.0 Å². The highest BCUT2D eigenvalue weighted by Gasteiger charge is 2.31. The van der Waals surface area contributed by atoms with E-state index in [0.29, 0.717) is 26.2 Å². The van der Waals surface area contributed by atoms with Crippen molar-refractivity contribution in [3.8, 4) is 0 Å². The van der Waals surface area contributed by atoms with Gasteiger partial charge >= 0.3 is 6.03 Å². The first-order valence-electron chi connectivity index (χ1n) is 7.95. The normalized spacial score (nSPS) is 31.0. The van der Waals surface area contributed by atoms with Crippen molar-refractivity contribution in [1.29, 1.82) is 0 Å². The summed E-state index contributed by atoms with van der Waals surface area (Å²) in [6.07, 6.45) is 3.78. The Balaban J connectivity index is 1.91. The van der Waals surface area contributed by atoms with Gasteiger partial charge in [-0.15, -0.1) is 0 Å². The summed E-state index contributed by atoms with van der Waals surface area (Å²) in [6, 6.07) is -0.233. The van der Waals surface area contributed by atoms with Gasteiger partial charge in [0.1, 0.15) is 0 Å². The molecule has 1 N–H and O–H groups in total. The quantitative estimate of drug-likeness (QED) is 0.821. The van der Waals surface area contributed by atoms with Gasteiger partial charge in [-0.05, 0) is 26.2 Å². The van der Waals surface area contributed by atoms with Crippen molar-refractivity contribution in [3.05, 3.63) is 0 Å². The number of morpholine rings is 1. The average molecular weight is 333 g/mol. The summed E-state index contributed by atoms with van der Waals surface area (Å²) >= 11 is 0. The van der Waals surface area contributed by atoms with E-state index in [-0.39, 0.29) is 24.3 Å². The van der Waals surface area contributed by atoms with Gasteiger partial charge in [-0.1, -0.05) is 6.92 Å². The third kappa shape index (κ3) is 4.57. The number of nitrogens with one attached hydrogen (secondary N) is 1. The number of hydrogen-bond acceptors (Lipinski definition) is 4. The number of sulfonamides is 1. The van der Waals surface area contributed by atoms with Crippen LogP contribution in [0.25, 0.3) is 0 Å². The van der Waals surface area contributed by atoms with Gasteiger partial charge in [0.15, 0.2) is 0 Å². The molecule has 2 heterocycles. The number of ether oxygens (including phenoxy) is 1. The van der Waals surface area contributed by atoms with Gasteiger partial charge < -0.3 is 15.0 Å². The van der Waals surface area contributed by atoms with Crippen molar-refractivity contribution in [3.63, 3.8) is 0 Å². The van der Waals surface area contributed by atoms with Gasteiger partial charge in [-0.25, -0.2) is 17.5 Å². The molecule has 0 aliphatic carbocycles. The molecule has 2 saturated heterocycles. The maximum atomic E-state index is 12.4. The van der Waals surface area contributed by atoms with Crippen LogP contribution in [0.2, 0.25) is 0 Å². The summed E-state index contributed by atoms with van der Waals surface area (Å²) in [5.74, 6) is 0. The maximum absolute atomic E-state index is 12.4. The van der Waals surface area contributed by atoms with Crippen molar-refractivity contribution in [1.82, 2.24) is 14.5 Å². The van der Waals surface area contributed by atoms with E-state index in [1.165, 1.54) is 10.6 Å². The number of nitrogens with zero attached hydrogens (tertiary/aromatic N) is 2. The van der Waals surface area contributed by atoms with Crippen LogP contribution in [0.5, 0.6) is 0 Å². The van der Waals surface area contributed by atoms with E-state index >= 15 is 0 Å². The van der Waals surface area contributed by atoms with Crippen molar-refractivity contribution in [2.24, 2.45) is 0 Å². The Morgan fingerprint density at radius 3 is 2.68 bits per heavy atom.